The summed E-state index contributed by atoms with van der Waals surface area (Å²) in [6, 6.07) is -6.10. The molecule has 0 fully saturated rings. The lowest BCUT2D eigenvalue weighted by molar-refractivity contribution is -0.456. The first-order valence-corrected chi connectivity index (χ1v) is 4.71. The molecule has 0 atom stereocenters. The highest BCUT2D eigenvalue weighted by molar-refractivity contribution is 5.05. The molecule has 11 heteroatoms. The summed E-state index contributed by atoms with van der Waals surface area (Å²) in [4.78, 5) is 0. The predicted molar refractivity (Wildman–Crippen MR) is 43.0 cm³/mol. The van der Waals surface area contributed by atoms with Crippen molar-refractivity contribution in [3.05, 3.63) is 0 Å². The zero-order chi connectivity index (χ0) is 15.9. The molecule has 2 nitrogen and oxygen atoms in total. The van der Waals surface area contributed by atoms with Crippen LogP contribution >= 0.6 is 0 Å². The van der Waals surface area contributed by atoms with Crippen LogP contribution in [0.5, 0.6) is 0 Å². The molecule has 0 spiro atoms. The Labute approximate surface area is 100 Å². The molecular formula is C8H9F9O2. The SMILES string of the molecule is CCCC(F)(F)C(F)(F)C(F)(F)C(F)(F)C(O)(O)F. The highest BCUT2D eigenvalue weighted by Gasteiger charge is 2.85. The first-order valence-electron chi connectivity index (χ1n) is 4.71. The third kappa shape index (κ3) is 2.62. The molecule has 0 radical (unpaired) electrons. The predicted octanol–water partition coefficient (Wildman–Crippen LogP) is 2.94. The van der Waals surface area contributed by atoms with Gasteiger partial charge in [-0.15, -0.1) is 0 Å². The van der Waals surface area contributed by atoms with E-state index in [1.54, 1.807) is 0 Å². The van der Waals surface area contributed by atoms with E-state index in [2.05, 4.69) is 0 Å². The summed E-state index contributed by atoms with van der Waals surface area (Å²) in [7, 11) is 0. The summed E-state index contributed by atoms with van der Waals surface area (Å²) < 4.78 is 114. The number of hydrogen-bond donors (Lipinski definition) is 2. The lowest BCUT2D eigenvalue weighted by Crippen LogP contribution is -2.68. The van der Waals surface area contributed by atoms with Gasteiger partial charge in [0.05, 0.1) is 0 Å². The standard InChI is InChI=1S/C8H9F9O2/c1-2-3-4(9,10)5(11,12)6(13,14)7(15,16)8(17,18)19/h18-19H,2-3H2,1H3. The van der Waals surface area contributed by atoms with Crippen LogP contribution in [0.2, 0.25) is 0 Å². The zero-order valence-electron chi connectivity index (χ0n) is 9.21. The van der Waals surface area contributed by atoms with Crippen LogP contribution in [0, 0.1) is 0 Å². The Morgan fingerprint density at radius 3 is 1.32 bits per heavy atom. The summed E-state index contributed by atoms with van der Waals surface area (Å²) in [5.74, 6) is -26.2. The van der Waals surface area contributed by atoms with Crippen LogP contribution in [0.1, 0.15) is 19.8 Å². The van der Waals surface area contributed by atoms with Crippen LogP contribution < -0.4 is 0 Å². The maximum absolute atomic E-state index is 12.8. The monoisotopic (exact) mass is 308 g/mol. The van der Waals surface area contributed by atoms with E-state index in [1.165, 1.54) is 0 Å². The van der Waals surface area contributed by atoms with Gasteiger partial charge >= 0.3 is 29.7 Å². The van der Waals surface area contributed by atoms with E-state index in [4.69, 9.17) is 10.2 Å². The molecule has 0 bridgehead atoms. The molecule has 0 saturated heterocycles. The molecule has 0 aliphatic rings. The van der Waals surface area contributed by atoms with E-state index < -0.39 is 42.6 Å². The first-order chi connectivity index (χ1) is 8.06. The van der Waals surface area contributed by atoms with Crippen LogP contribution in [0.15, 0.2) is 0 Å². The quantitative estimate of drug-likeness (QED) is 0.585. The van der Waals surface area contributed by atoms with E-state index in [9.17, 15) is 39.5 Å². The molecule has 0 aliphatic heterocycles. The first kappa shape index (κ1) is 18.3. The van der Waals surface area contributed by atoms with Crippen molar-refractivity contribution in [1.82, 2.24) is 0 Å². The van der Waals surface area contributed by atoms with Gasteiger partial charge in [-0.2, -0.15) is 39.5 Å². The third-order valence-electron chi connectivity index (χ3n) is 2.21. The molecular weight excluding hydrogens is 299 g/mol. The molecule has 0 aliphatic carbocycles. The minimum Gasteiger partial charge on any atom is -0.335 e. The number of hydrogen-bond acceptors (Lipinski definition) is 2. The topological polar surface area (TPSA) is 40.5 Å². The van der Waals surface area contributed by atoms with Gasteiger partial charge in [-0.1, -0.05) is 13.3 Å². The number of rotatable bonds is 6. The van der Waals surface area contributed by atoms with Crippen molar-refractivity contribution in [2.75, 3.05) is 0 Å². The average molecular weight is 308 g/mol. The van der Waals surface area contributed by atoms with Crippen molar-refractivity contribution in [3.63, 3.8) is 0 Å². The molecule has 19 heavy (non-hydrogen) atoms. The smallest absolute Gasteiger partial charge is 0.335 e. The van der Waals surface area contributed by atoms with Gasteiger partial charge in [-0.25, -0.2) is 0 Å². The Morgan fingerprint density at radius 1 is 0.684 bits per heavy atom. The van der Waals surface area contributed by atoms with Gasteiger partial charge in [0.1, 0.15) is 0 Å². The second-order valence-electron chi connectivity index (χ2n) is 3.76. The minimum atomic E-state index is -7.03. The summed E-state index contributed by atoms with van der Waals surface area (Å²) in [5, 5.41) is 15.4. The van der Waals surface area contributed by atoms with Crippen LogP contribution in [0.4, 0.5) is 39.5 Å². The normalized spacial score (nSPS) is 15.8. The Kier molecular flexibility index (Phi) is 4.51. The van der Waals surface area contributed by atoms with Gasteiger partial charge in [-0.3, -0.25) is 0 Å². The van der Waals surface area contributed by atoms with Gasteiger partial charge in [0.2, 0.25) is 0 Å². The van der Waals surface area contributed by atoms with Gasteiger partial charge in [-0.05, 0) is 0 Å². The largest absolute Gasteiger partial charge is 0.400 e. The lowest BCUT2D eigenvalue weighted by Gasteiger charge is -2.38. The summed E-state index contributed by atoms with van der Waals surface area (Å²) >= 11 is 0. The molecule has 0 amide bonds. The van der Waals surface area contributed by atoms with E-state index in [0.29, 0.717) is 0 Å². The van der Waals surface area contributed by atoms with Crippen molar-refractivity contribution in [2.45, 2.75) is 49.5 Å². The van der Waals surface area contributed by atoms with Crippen molar-refractivity contribution in [2.24, 2.45) is 0 Å². The molecule has 0 aromatic carbocycles. The molecule has 0 unspecified atom stereocenters. The number of halogens is 9. The molecule has 0 saturated carbocycles. The number of aliphatic hydroxyl groups is 2. The van der Waals surface area contributed by atoms with Crippen LogP contribution in [-0.4, -0.2) is 39.9 Å². The maximum atomic E-state index is 12.8. The Morgan fingerprint density at radius 2 is 1.05 bits per heavy atom. The van der Waals surface area contributed by atoms with Crippen molar-refractivity contribution < 1.29 is 49.7 Å². The fraction of sp³-hybridized carbons (Fsp3) is 1.00. The highest BCUT2D eigenvalue weighted by atomic mass is 19.4. The average Bonchev–Trinajstić information content (AvgIpc) is 2.14. The van der Waals surface area contributed by atoms with Gasteiger partial charge in [0.15, 0.2) is 0 Å². The lowest BCUT2D eigenvalue weighted by atomic mass is 9.95. The van der Waals surface area contributed by atoms with Crippen LogP contribution in [-0.2, 0) is 0 Å². The van der Waals surface area contributed by atoms with Crippen LogP contribution in [0.25, 0.3) is 0 Å². The highest BCUT2D eigenvalue weighted by Crippen LogP contribution is 2.56. The molecule has 0 rings (SSSR count). The van der Waals surface area contributed by atoms with Crippen molar-refractivity contribution in [3.8, 4) is 0 Å². The molecule has 0 aromatic heterocycles. The Hall–Kier alpha value is -0.710. The van der Waals surface area contributed by atoms with Gasteiger partial charge in [0.25, 0.3) is 0 Å². The van der Waals surface area contributed by atoms with E-state index >= 15 is 0 Å². The summed E-state index contributed by atoms with van der Waals surface area (Å²) in [5.41, 5.74) is 0. The van der Waals surface area contributed by atoms with E-state index in [-0.39, 0.29) is 0 Å². The fourth-order valence-electron chi connectivity index (χ4n) is 1.10. The van der Waals surface area contributed by atoms with Crippen molar-refractivity contribution >= 4 is 0 Å². The van der Waals surface area contributed by atoms with E-state index in [1.807, 2.05) is 0 Å². The van der Waals surface area contributed by atoms with Gasteiger partial charge < -0.3 is 10.2 Å². The fourth-order valence-corrected chi connectivity index (χ4v) is 1.10. The second-order valence-corrected chi connectivity index (χ2v) is 3.76. The zero-order valence-corrected chi connectivity index (χ0v) is 9.21. The molecule has 116 valence electrons. The summed E-state index contributed by atoms with van der Waals surface area (Å²) in [6.07, 6.45) is -2.65. The Balaban J connectivity index is 5.77. The third-order valence-corrected chi connectivity index (χ3v) is 2.21. The summed E-state index contributed by atoms with van der Waals surface area (Å²) in [6.45, 7) is 0.887. The second kappa shape index (κ2) is 4.69. The van der Waals surface area contributed by atoms with Gasteiger partial charge in [0, 0.05) is 6.42 Å². The maximum Gasteiger partial charge on any atom is 0.400 e. The Bertz CT molecular complexity index is 321. The number of alkyl halides is 9. The van der Waals surface area contributed by atoms with E-state index in [0.717, 1.165) is 6.92 Å². The van der Waals surface area contributed by atoms with Crippen molar-refractivity contribution in [1.29, 1.82) is 0 Å². The molecule has 0 heterocycles. The van der Waals surface area contributed by atoms with Crippen LogP contribution in [0.3, 0.4) is 0 Å². The molecule has 0 aromatic rings. The molecule has 2 N–H and O–H groups in total. The minimum absolute atomic E-state index is 0.761.